The fourth-order valence-electron chi connectivity index (χ4n) is 3.59. The first kappa shape index (κ1) is 20.5. The molecule has 1 heterocycles. The number of ether oxygens (including phenoxy) is 2. The Morgan fingerprint density at radius 1 is 0.968 bits per heavy atom. The Labute approximate surface area is 181 Å². The smallest absolute Gasteiger partial charge is 0.407 e. The third kappa shape index (κ3) is 4.23. The van der Waals surface area contributed by atoms with Crippen molar-refractivity contribution >= 4 is 39.3 Å². The van der Waals surface area contributed by atoms with Gasteiger partial charge in [0.15, 0.2) is 0 Å². The van der Waals surface area contributed by atoms with Crippen LogP contribution in [0.5, 0.6) is 5.75 Å². The minimum absolute atomic E-state index is 0.222. The van der Waals surface area contributed by atoms with Gasteiger partial charge in [0.2, 0.25) is 0 Å². The van der Waals surface area contributed by atoms with Crippen LogP contribution in [-0.2, 0) is 11.3 Å². The second kappa shape index (κ2) is 8.52. The Morgan fingerprint density at radius 3 is 2.42 bits per heavy atom. The van der Waals surface area contributed by atoms with Crippen molar-refractivity contribution in [3.63, 3.8) is 0 Å². The zero-order valence-electron chi connectivity index (χ0n) is 18.1. The number of hydrogen-bond acceptors (Lipinski definition) is 5. The van der Waals surface area contributed by atoms with Crippen molar-refractivity contribution in [2.24, 2.45) is 0 Å². The molecule has 0 atom stereocenters. The van der Waals surface area contributed by atoms with Crippen molar-refractivity contribution in [1.29, 1.82) is 0 Å². The molecule has 31 heavy (non-hydrogen) atoms. The Hall–Kier alpha value is -3.80. The molecule has 0 aliphatic heterocycles. The lowest BCUT2D eigenvalue weighted by molar-refractivity contribution is 0.142. The average Bonchev–Trinajstić information content (AvgIpc) is 2.78. The lowest BCUT2D eigenvalue weighted by Gasteiger charge is -2.16. The summed E-state index contributed by atoms with van der Waals surface area (Å²) >= 11 is 0. The first-order chi connectivity index (χ1) is 15.0. The molecular weight excluding hydrogens is 390 g/mol. The molecule has 158 valence electrons. The predicted octanol–water partition coefficient (Wildman–Crippen LogP) is 5.61. The van der Waals surface area contributed by atoms with E-state index in [9.17, 15) is 4.79 Å². The Bertz CT molecular complexity index is 1270. The molecule has 1 aromatic heterocycles. The van der Waals surface area contributed by atoms with E-state index in [0.29, 0.717) is 0 Å². The molecule has 0 aliphatic rings. The van der Waals surface area contributed by atoms with Crippen molar-refractivity contribution in [2.45, 2.75) is 20.5 Å². The number of aryl methyl sites for hydroxylation is 2. The van der Waals surface area contributed by atoms with Crippen LogP contribution in [-0.4, -0.2) is 25.2 Å². The molecule has 6 heteroatoms. The standard InChI is InChI=1S/C25H25N3O3/c1-15-5-10-19-21(11-15)28-22-13-23(30-4)16(2)12-20(22)24(19)27-18-8-6-17(7-9-18)14-31-25(29)26-3/h5-13H,14H2,1-4H3,(H,26,29)(H,27,28). The van der Waals surface area contributed by atoms with Crippen LogP contribution in [0.25, 0.3) is 21.8 Å². The maximum Gasteiger partial charge on any atom is 0.407 e. The highest BCUT2D eigenvalue weighted by Gasteiger charge is 2.13. The second-order valence-corrected chi connectivity index (χ2v) is 7.49. The number of nitrogens with one attached hydrogen (secondary N) is 2. The fraction of sp³-hybridized carbons (Fsp3) is 0.200. The predicted molar refractivity (Wildman–Crippen MR) is 124 cm³/mol. The van der Waals surface area contributed by atoms with Crippen LogP contribution in [0.2, 0.25) is 0 Å². The molecule has 3 aromatic carbocycles. The highest BCUT2D eigenvalue weighted by molar-refractivity contribution is 6.09. The van der Waals surface area contributed by atoms with E-state index in [1.54, 1.807) is 7.11 Å². The minimum Gasteiger partial charge on any atom is -0.496 e. The summed E-state index contributed by atoms with van der Waals surface area (Å²) in [6.07, 6.45) is -0.446. The summed E-state index contributed by atoms with van der Waals surface area (Å²) in [6, 6.07) is 18.2. The molecule has 2 N–H and O–H groups in total. The van der Waals surface area contributed by atoms with Crippen LogP contribution in [0.1, 0.15) is 16.7 Å². The fourth-order valence-corrected chi connectivity index (χ4v) is 3.59. The van der Waals surface area contributed by atoms with Gasteiger partial charge in [-0.3, -0.25) is 0 Å². The van der Waals surface area contributed by atoms with Crippen LogP contribution in [0.15, 0.2) is 54.6 Å². The number of fused-ring (bicyclic) bond motifs is 2. The number of rotatable bonds is 5. The molecule has 0 fully saturated rings. The van der Waals surface area contributed by atoms with Crippen LogP contribution in [0.3, 0.4) is 0 Å². The number of benzene rings is 3. The molecule has 0 saturated carbocycles. The summed E-state index contributed by atoms with van der Waals surface area (Å²) in [5, 5.41) is 8.10. The number of anilines is 2. The Kier molecular flexibility index (Phi) is 5.62. The maximum atomic E-state index is 11.3. The number of carbonyl (C=O) groups excluding carboxylic acids is 1. The average molecular weight is 415 g/mol. The number of amides is 1. The first-order valence-electron chi connectivity index (χ1n) is 10.1. The van der Waals surface area contributed by atoms with E-state index in [0.717, 1.165) is 55.6 Å². The quantitative estimate of drug-likeness (QED) is 0.414. The van der Waals surface area contributed by atoms with E-state index < -0.39 is 6.09 Å². The number of hydrogen-bond donors (Lipinski definition) is 2. The van der Waals surface area contributed by atoms with Crippen LogP contribution in [0, 0.1) is 13.8 Å². The van der Waals surface area contributed by atoms with Gasteiger partial charge in [-0.1, -0.05) is 24.3 Å². The van der Waals surface area contributed by atoms with Crippen molar-refractivity contribution < 1.29 is 14.3 Å². The number of aromatic nitrogens is 1. The summed E-state index contributed by atoms with van der Waals surface area (Å²) in [6.45, 7) is 4.32. The highest BCUT2D eigenvalue weighted by Crippen LogP contribution is 2.36. The number of carbonyl (C=O) groups is 1. The number of pyridine rings is 1. The van der Waals surface area contributed by atoms with E-state index in [4.69, 9.17) is 14.5 Å². The molecule has 0 unspecified atom stereocenters. The molecule has 1 amide bonds. The first-order valence-corrected chi connectivity index (χ1v) is 10.1. The molecule has 0 saturated heterocycles. The van der Waals surface area contributed by atoms with E-state index in [1.807, 2.05) is 37.3 Å². The Balaban J connectivity index is 1.76. The van der Waals surface area contributed by atoms with Gasteiger partial charge in [-0.15, -0.1) is 0 Å². The van der Waals surface area contributed by atoms with Gasteiger partial charge < -0.3 is 20.1 Å². The SMILES string of the molecule is CNC(=O)OCc1ccc(Nc2c3ccc(C)cc3nc3cc(OC)c(C)cc23)cc1. The summed E-state index contributed by atoms with van der Waals surface area (Å²) in [5.41, 5.74) is 6.86. The molecule has 0 radical (unpaired) electrons. The van der Waals surface area contributed by atoms with Gasteiger partial charge in [0.1, 0.15) is 12.4 Å². The normalized spacial score (nSPS) is 10.8. The zero-order chi connectivity index (χ0) is 22.0. The van der Waals surface area contributed by atoms with Crippen molar-refractivity contribution in [3.8, 4) is 5.75 Å². The molecule has 4 rings (SSSR count). The monoisotopic (exact) mass is 415 g/mol. The molecule has 0 bridgehead atoms. The summed E-state index contributed by atoms with van der Waals surface area (Å²) in [4.78, 5) is 16.2. The van der Waals surface area contributed by atoms with Gasteiger partial charge in [-0.25, -0.2) is 9.78 Å². The molecular formula is C25H25N3O3. The van der Waals surface area contributed by atoms with Gasteiger partial charge >= 0.3 is 6.09 Å². The topological polar surface area (TPSA) is 72.5 Å². The maximum absolute atomic E-state index is 11.3. The summed E-state index contributed by atoms with van der Waals surface area (Å²) in [5.74, 6) is 0.818. The van der Waals surface area contributed by atoms with Crippen molar-refractivity contribution in [1.82, 2.24) is 10.3 Å². The summed E-state index contributed by atoms with van der Waals surface area (Å²) in [7, 11) is 3.21. The van der Waals surface area contributed by atoms with E-state index in [1.165, 1.54) is 7.05 Å². The second-order valence-electron chi connectivity index (χ2n) is 7.49. The third-order valence-corrected chi connectivity index (χ3v) is 5.24. The van der Waals surface area contributed by atoms with Crippen LogP contribution >= 0.6 is 0 Å². The van der Waals surface area contributed by atoms with Gasteiger partial charge in [0.05, 0.1) is 23.8 Å². The molecule has 0 aliphatic carbocycles. The lowest BCUT2D eigenvalue weighted by atomic mass is 10.0. The Morgan fingerprint density at radius 2 is 1.71 bits per heavy atom. The molecule has 0 spiro atoms. The van der Waals surface area contributed by atoms with E-state index in [2.05, 4.69) is 41.8 Å². The number of nitrogens with zero attached hydrogens (tertiary/aromatic N) is 1. The van der Waals surface area contributed by atoms with Crippen LogP contribution < -0.4 is 15.4 Å². The molecule has 6 nitrogen and oxygen atoms in total. The van der Waals surface area contributed by atoms with Crippen LogP contribution in [0.4, 0.5) is 16.2 Å². The van der Waals surface area contributed by atoms with Gasteiger partial charge in [-0.2, -0.15) is 0 Å². The lowest BCUT2D eigenvalue weighted by Crippen LogP contribution is -2.18. The van der Waals surface area contributed by atoms with Crippen molar-refractivity contribution in [3.05, 3.63) is 71.3 Å². The zero-order valence-corrected chi connectivity index (χ0v) is 18.1. The van der Waals surface area contributed by atoms with Crippen molar-refractivity contribution in [2.75, 3.05) is 19.5 Å². The van der Waals surface area contributed by atoms with Gasteiger partial charge in [-0.05, 0) is 54.8 Å². The van der Waals surface area contributed by atoms with Gasteiger partial charge in [0, 0.05) is 29.6 Å². The largest absolute Gasteiger partial charge is 0.496 e. The third-order valence-electron chi connectivity index (χ3n) is 5.24. The summed E-state index contributed by atoms with van der Waals surface area (Å²) < 4.78 is 10.6. The minimum atomic E-state index is -0.446. The highest BCUT2D eigenvalue weighted by atomic mass is 16.5. The number of alkyl carbamates (subject to hydrolysis) is 1. The van der Waals surface area contributed by atoms with Gasteiger partial charge in [0.25, 0.3) is 0 Å². The molecule has 4 aromatic rings. The van der Waals surface area contributed by atoms with E-state index in [-0.39, 0.29) is 6.61 Å². The van der Waals surface area contributed by atoms with E-state index >= 15 is 0 Å². The number of methoxy groups -OCH3 is 1.